The molecule has 5 heterocycles. The number of carbonyl (C=O) groups is 1. The molecule has 16 nitrogen and oxygen atoms in total. The van der Waals surface area contributed by atoms with Gasteiger partial charge in [-0.05, 0) is 113 Å². The number of nitrogens with two attached hydrogens (primary N) is 1. The van der Waals surface area contributed by atoms with Gasteiger partial charge in [-0.25, -0.2) is 5.10 Å². The monoisotopic (exact) mass is 974 g/mol. The third-order valence-electron chi connectivity index (χ3n) is 11.5. The van der Waals surface area contributed by atoms with Gasteiger partial charge in [0.15, 0.2) is 0 Å². The Morgan fingerprint density at radius 1 is 0.871 bits per heavy atom. The maximum absolute atomic E-state index is 8.64. The molecule has 0 aliphatic carbocycles. The Morgan fingerprint density at radius 3 is 1.65 bits per heavy atom. The number of hydrogen-bond acceptors (Lipinski definition) is 14. The zero-order valence-corrected chi connectivity index (χ0v) is 45.2. The molecular formula is C41H63Cl3K2N10O6. The summed E-state index contributed by atoms with van der Waals surface area (Å²) in [5, 5.41) is 27.8. The number of aromatic amines is 1. The number of halogens is 3. The van der Waals surface area contributed by atoms with E-state index in [1.54, 1.807) is 0 Å². The molecule has 21 heteroatoms. The van der Waals surface area contributed by atoms with Crippen molar-refractivity contribution in [3.05, 3.63) is 69.7 Å². The third-order valence-corrected chi connectivity index (χ3v) is 12.0. The molecule has 1 aromatic heterocycles. The largest absolute Gasteiger partial charge is 1.00 e. The Hall–Kier alpha value is -0.327. The average molecular weight is 977 g/mol. The van der Waals surface area contributed by atoms with E-state index in [0.717, 1.165) is 100 Å². The van der Waals surface area contributed by atoms with Gasteiger partial charge in [-0.2, -0.15) is 15.2 Å². The number of ether oxygens (including phenoxy) is 2. The fraction of sp³-hybridized carbons (Fsp3) is 0.585. The van der Waals surface area contributed by atoms with Gasteiger partial charge in [0.2, 0.25) is 18.1 Å². The molecule has 0 radical (unpaired) electrons. The number of nitrogens with zero attached hydrogens (tertiary/aromatic N) is 7. The van der Waals surface area contributed by atoms with Crippen LogP contribution in [0.1, 0.15) is 63.9 Å². The molecule has 6 N–H and O–H groups in total. The molecule has 0 saturated carbocycles. The normalized spacial score (nSPS) is 21.6. The standard InChI is InChI=1S/C20H29ClN6O.C18H27ClN2O.C2H2N2.CH2O3.ClH.2K.H2O.H/c1-28-18-8-11-27(17(13-18)12-14-2-4-15(21)5-3-14)16-6-9-26(10-7-16)20-23-19(22)24-25-20;1-22-18-8-11-21(16-6-9-20-10-7-16)17(13-18)12-14-2-4-15(19)5-3-14;1-4-2-3;2-1-4-3;;;;;/h2-5,16-18H,6-13H2,1H3,(H3,22,23,24,25);2-5,16-18,20H,6-13H2,1H3;1H2;1,3H;1H;;;1H2;/q;;;;;2*+1;;-1/p-1/t2*17-,18+;;;;;;;/m00......./s1. The van der Waals surface area contributed by atoms with Gasteiger partial charge in [0, 0.05) is 81.3 Å². The number of anilines is 2. The molecule has 4 atom stereocenters. The second-order valence-electron chi connectivity index (χ2n) is 14.9. The van der Waals surface area contributed by atoms with E-state index in [4.69, 9.17) is 53.7 Å². The van der Waals surface area contributed by atoms with Crippen molar-refractivity contribution in [1.29, 1.82) is 5.26 Å². The predicted molar refractivity (Wildman–Crippen MR) is 238 cm³/mol. The zero-order valence-electron chi connectivity index (χ0n) is 37.6. The number of methoxy groups -OCH3 is 2. The van der Waals surface area contributed by atoms with Crippen molar-refractivity contribution in [1.82, 2.24) is 30.3 Å². The number of aromatic nitrogens is 3. The van der Waals surface area contributed by atoms with Gasteiger partial charge in [0.05, 0.1) is 12.2 Å². The Labute approximate surface area is 469 Å². The van der Waals surface area contributed by atoms with Crippen LogP contribution in [-0.2, 0) is 32.0 Å². The molecule has 0 amide bonds. The molecule has 0 bridgehead atoms. The Morgan fingerprint density at radius 2 is 1.29 bits per heavy atom. The van der Waals surface area contributed by atoms with Crippen LogP contribution >= 0.6 is 35.6 Å². The minimum Gasteiger partial charge on any atom is -1.00 e. The zero-order chi connectivity index (χ0) is 41.7. The maximum atomic E-state index is 8.64. The van der Waals surface area contributed by atoms with Crippen molar-refractivity contribution >= 4 is 60.7 Å². The first kappa shape index (κ1) is 61.7. The van der Waals surface area contributed by atoms with Crippen molar-refractivity contribution in [3.63, 3.8) is 0 Å². The van der Waals surface area contributed by atoms with Crippen LogP contribution in [0, 0.1) is 11.5 Å². The third kappa shape index (κ3) is 21.1. The van der Waals surface area contributed by atoms with Gasteiger partial charge < -0.3 is 42.5 Å². The fourth-order valence-corrected chi connectivity index (χ4v) is 8.83. The number of nitrogens with one attached hydrogen (secondary N) is 2. The number of aliphatic imine (C=N–C) groups is 1. The molecule has 0 spiro atoms. The molecule has 4 aliphatic heterocycles. The van der Waals surface area contributed by atoms with Crippen LogP contribution in [0.15, 0.2) is 53.5 Å². The first-order valence-corrected chi connectivity index (χ1v) is 20.7. The van der Waals surface area contributed by atoms with Crippen LogP contribution in [0.3, 0.4) is 0 Å². The van der Waals surface area contributed by atoms with E-state index in [2.05, 4.69) is 76.1 Å². The maximum Gasteiger partial charge on any atom is 1.00 e. The van der Waals surface area contributed by atoms with Crippen molar-refractivity contribution in [3.8, 4) is 6.19 Å². The number of benzene rings is 2. The minimum atomic E-state index is -0.181. The van der Waals surface area contributed by atoms with Crippen molar-refractivity contribution < 1.29 is 134 Å². The van der Waals surface area contributed by atoms with E-state index in [-0.39, 0.29) is 129 Å². The van der Waals surface area contributed by atoms with Crippen molar-refractivity contribution in [2.75, 3.05) is 64.1 Å². The van der Waals surface area contributed by atoms with E-state index in [1.807, 2.05) is 38.5 Å². The van der Waals surface area contributed by atoms with Crippen LogP contribution in [-0.4, -0.2) is 134 Å². The molecule has 3 aromatic rings. The summed E-state index contributed by atoms with van der Waals surface area (Å²) < 4.78 is 11.4. The summed E-state index contributed by atoms with van der Waals surface area (Å²) in [4.78, 5) is 26.0. The summed E-state index contributed by atoms with van der Waals surface area (Å²) in [6, 6.07) is 19.0. The van der Waals surface area contributed by atoms with Gasteiger partial charge >= 0.3 is 103 Å². The second kappa shape index (κ2) is 34.9. The molecule has 7 rings (SSSR count). The van der Waals surface area contributed by atoms with Crippen LogP contribution < -0.4 is 124 Å². The van der Waals surface area contributed by atoms with E-state index in [9.17, 15) is 0 Å². The fourth-order valence-electron chi connectivity index (χ4n) is 8.58. The summed E-state index contributed by atoms with van der Waals surface area (Å²) in [6.45, 7) is 9.17. The smallest absolute Gasteiger partial charge is 1.00 e. The molecular weight excluding hydrogens is 913 g/mol. The van der Waals surface area contributed by atoms with Crippen LogP contribution in [0.2, 0.25) is 10.0 Å². The van der Waals surface area contributed by atoms with Crippen molar-refractivity contribution in [2.24, 2.45) is 4.99 Å². The number of likely N-dealkylation sites (tertiary alicyclic amines) is 2. The SMILES string of the molecule is C=NC#N.CO[C@@H]1CCN(C2CCN(c3n[nH]c(N)n3)CC2)[C@@H](Cc2ccc(Cl)cc2)C1.CO[C@@H]1CCN(C2CCNCC2)[C@@H](Cc2ccc(Cl)cc2)C1.Cl.O.O=CO[O-].[H-].[K+].[K+]. The summed E-state index contributed by atoms with van der Waals surface area (Å²) in [6.07, 6.45) is 13.6. The number of rotatable bonds is 10. The molecule has 2 aromatic carbocycles. The minimum absolute atomic E-state index is 0. The number of carbonyl (C=O) groups excluding carboxylic acids is 1. The van der Waals surface area contributed by atoms with E-state index < -0.39 is 0 Å². The number of hydrogen-bond donors (Lipinski definition) is 3. The summed E-state index contributed by atoms with van der Waals surface area (Å²) in [5.41, 5.74) is 8.39. The number of piperidine rings is 4. The molecule has 4 saturated heterocycles. The second-order valence-corrected chi connectivity index (χ2v) is 15.8. The van der Waals surface area contributed by atoms with Gasteiger partial charge in [-0.15, -0.1) is 17.5 Å². The van der Waals surface area contributed by atoms with Gasteiger partial charge in [-0.1, -0.05) is 47.5 Å². The predicted octanol–water partition coefficient (Wildman–Crippen LogP) is -1.83. The topological polar surface area (TPSA) is 225 Å². The van der Waals surface area contributed by atoms with Crippen molar-refractivity contribution in [2.45, 2.75) is 101 Å². The van der Waals surface area contributed by atoms with E-state index >= 15 is 0 Å². The van der Waals surface area contributed by atoms with Gasteiger partial charge in [0.25, 0.3) is 6.47 Å². The molecule has 4 aliphatic rings. The summed E-state index contributed by atoms with van der Waals surface area (Å²) >= 11 is 12.1. The van der Waals surface area contributed by atoms with Crippen LogP contribution in [0.4, 0.5) is 11.9 Å². The molecule has 62 heavy (non-hydrogen) atoms. The van der Waals surface area contributed by atoms with Gasteiger partial charge in [-0.3, -0.25) is 14.6 Å². The molecule has 336 valence electrons. The first-order valence-electron chi connectivity index (χ1n) is 20.0. The van der Waals surface area contributed by atoms with Gasteiger partial charge in [0.1, 0.15) is 0 Å². The Bertz CT molecular complexity index is 1680. The number of nitrogen functional groups attached to an aromatic ring is 1. The molecule has 0 unspecified atom stereocenters. The summed E-state index contributed by atoms with van der Waals surface area (Å²) in [5.74, 6) is 1.09. The van der Waals surface area contributed by atoms with Crippen LogP contribution in [0.25, 0.3) is 0 Å². The quantitative estimate of drug-likeness (QED) is 0.0509. The Balaban J connectivity index is 0. The summed E-state index contributed by atoms with van der Waals surface area (Å²) in [7, 11) is 3.69. The van der Waals surface area contributed by atoms with E-state index in [1.165, 1.54) is 36.7 Å². The first-order chi connectivity index (χ1) is 28.2. The number of H-pyrrole nitrogens is 1. The van der Waals surface area contributed by atoms with E-state index in [0.29, 0.717) is 42.2 Å². The average Bonchev–Trinajstić information content (AvgIpc) is 3.72. The number of nitriles is 1. The van der Waals surface area contributed by atoms with Crippen LogP contribution in [0.5, 0.6) is 0 Å². The molecule has 4 fully saturated rings. The Kier molecular flexibility index (Phi) is 34.7.